The van der Waals surface area contributed by atoms with Gasteiger partial charge in [-0.25, -0.2) is 0 Å². The summed E-state index contributed by atoms with van der Waals surface area (Å²) in [6, 6.07) is 11.7. The van der Waals surface area contributed by atoms with E-state index < -0.39 is 5.91 Å². The van der Waals surface area contributed by atoms with Crippen LogP contribution in [0.5, 0.6) is 11.5 Å². The minimum atomic E-state index is -0.420. The number of rotatable bonds is 6. The number of fused-ring (bicyclic) bond motifs is 1. The Labute approximate surface area is 161 Å². The van der Waals surface area contributed by atoms with Crippen molar-refractivity contribution in [3.8, 4) is 11.5 Å². The summed E-state index contributed by atoms with van der Waals surface area (Å²) in [6.07, 6.45) is 0. The fourth-order valence-corrected chi connectivity index (χ4v) is 2.48. The molecule has 27 heavy (non-hydrogen) atoms. The van der Waals surface area contributed by atoms with Crippen molar-refractivity contribution in [1.29, 1.82) is 0 Å². The zero-order valence-electron chi connectivity index (χ0n) is 14.4. The fourth-order valence-electron chi connectivity index (χ4n) is 2.36. The number of hydrogen-bond donors (Lipinski definition) is 3. The molecule has 2 aromatic carbocycles. The predicted molar refractivity (Wildman–Crippen MR) is 102 cm³/mol. The van der Waals surface area contributed by atoms with Crippen molar-refractivity contribution < 1.29 is 19.1 Å². The van der Waals surface area contributed by atoms with E-state index in [0.29, 0.717) is 41.0 Å². The third-order valence-corrected chi connectivity index (χ3v) is 4.01. The summed E-state index contributed by atoms with van der Waals surface area (Å²) in [6.45, 7) is 4.69. The van der Waals surface area contributed by atoms with E-state index in [1.54, 1.807) is 42.5 Å². The van der Waals surface area contributed by atoms with E-state index in [9.17, 15) is 9.59 Å². The summed E-state index contributed by atoms with van der Waals surface area (Å²) in [5.74, 6) is 0.512. The Hall–Kier alpha value is -3.19. The molecule has 3 rings (SSSR count). The summed E-state index contributed by atoms with van der Waals surface area (Å²) in [4.78, 5) is 23.9. The molecule has 1 aliphatic heterocycles. The first-order valence-electron chi connectivity index (χ1n) is 8.20. The van der Waals surface area contributed by atoms with Crippen molar-refractivity contribution in [2.45, 2.75) is 0 Å². The van der Waals surface area contributed by atoms with Gasteiger partial charge in [0.15, 0.2) is 11.5 Å². The second-order valence-corrected chi connectivity index (χ2v) is 6.14. The number of nitrogens with one attached hydrogen (secondary N) is 3. The average Bonchev–Trinajstić information content (AvgIpc) is 2.70. The summed E-state index contributed by atoms with van der Waals surface area (Å²) in [7, 11) is 0. The van der Waals surface area contributed by atoms with Crippen LogP contribution in [0.3, 0.4) is 0 Å². The first-order chi connectivity index (χ1) is 13.0. The highest BCUT2D eigenvalue weighted by Crippen LogP contribution is 2.31. The largest absolute Gasteiger partial charge is 0.486 e. The first-order valence-corrected chi connectivity index (χ1v) is 8.58. The lowest BCUT2D eigenvalue weighted by atomic mass is 10.1. The molecular formula is C19H18ClN3O4. The third-order valence-electron chi connectivity index (χ3n) is 3.76. The van der Waals surface area contributed by atoms with Crippen molar-refractivity contribution in [2.24, 2.45) is 0 Å². The summed E-state index contributed by atoms with van der Waals surface area (Å²) in [5.41, 5.74) is 6.83. The topological polar surface area (TPSA) is 88.7 Å². The Morgan fingerprint density at radius 2 is 1.63 bits per heavy atom. The number of halogens is 1. The molecule has 0 fully saturated rings. The molecular weight excluding hydrogens is 370 g/mol. The normalized spacial score (nSPS) is 12.0. The van der Waals surface area contributed by atoms with Gasteiger partial charge in [0.1, 0.15) is 13.2 Å². The van der Waals surface area contributed by atoms with E-state index in [1.165, 1.54) is 0 Å². The van der Waals surface area contributed by atoms with Crippen molar-refractivity contribution in [2.75, 3.05) is 19.8 Å². The lowest BCUT2D eigenvalue weighted by molar-refractivity contribution is -0.120. The van der Waals surface area contributed by atoms with Crippen LogP contribution >= 0.6 is 11.6 Å². The van der Waals surface area contributed by atoms with Gasteiger partial charge >= 0.3 is 0 Å². The number of benzene rings is 2. The molecule has 0 spiro atoms. The van der Waals surface area contributed by atoms with E-state index in [2.05, 4.69) is 22.7 Å². The molecule has 140 valence electrons. The Bertz CT molecular complexity index is 868. The molecule has 0 aliphatic carbocycles. The van der Waals surface area contributed by atoms with Crippen molar-refractivity contribution in [3.63, 3.8) is 0 Å². The van der Waals surface area contributed by atoms with E-state index in [0.717, 1.165) is 5.56 Å². The van der Waals surface area contributed by atoms with E-state index >= 15 is 0 Å². The molecule has 0 saturated heterocycles. The first kappa shape index (κ1) is 18.6. The Morgan fingerprint density at radius 1 is 0.963 bits per heavy atom. The lowest BCUT2D eigenvalue weighted by Crippen LogP contribution is -2.42. The number of carbonyl (C=O) groups is 2. The molecule has 0 atom stereocenters. The van der Waals surface area contributed by atoms with Gasteiger partial charge in [-0.1, -0.05) is 18.2 Å². The zero-order valence-corrected chi connectivity index (χ0v) is 15.1. The smallest absolute Gasteiger partial charge is 0.257 e. The minimum absolute atomic E-state index is 0.192. The molecule has 0 saturated carbocycles. The van der Waals surface area contributed by atoms with Crippen LogP contribution in [-0.4, -0.2) is 31.6 Å². The molecule has 2 aromatic rings. The molecule has 7 nitrogen and oxygen atoms in total. The van der Waals surface area contributed by atoms with Gasteiger partial charge in [0.05, 0.1) is 12.2 Å². The van der Waals surface area contributed by atoms with Crippen LogP contribution in [-0.2, 0) is 4.79 Å². The Morgan fingerprint density at radius 3 is 2.37 bits per heavy atom. The van der Waals surface area contributed by atoms with Crippen molar-refractivity contribution in [3.05, 3.63) is 65.2 Å². The molecule has 8 heteroatoms. The second kappa shape index (κ2) is 8.46. The van der Waals surface area contributed by atoms with Gasteiger partial charge in [0, 0.05) is 16.1 Å². The number of carbonyl (C=O) groups excluding carboxylic acids is 2. The zero-order chi connectivity index (χ0) is 19.2. The van der Waals surface area contributed by atoms with Crippen LogP contribution in [0, 0.1) is 0 Å². The predicted octanol–water partition coefficient (Wildman–Crippen LogP) is 2.13. The SMILES string of the molecule is C=C(NNC(=O)CNC(=O)c1ccc(Cl)cc1)c1ccc2c(c1)OCCO2. The lowest BCUT2D eigenvalue weighted by Gasteiger charge is -2.19. The minimum Gasteiger partial charge on any atom is -0.486 e. The van der Waals surface area contributed by atoms with Gasteiger partial charge in [0.25, 0.3) is 11.8 Å². The van der Waals surface area contributed by atoms with E-state index in [1.807, 2.05) is 0 Å². The number of hydrazine groups is 1. The van der Waals surface area contributed by atoms with Crippen LogP contribution in [0.1, 0.15) is 15.9 Å². The monoisotopic (exact) mass is 387 g/mol. The number of hydrogen-bond acceptors (Lipinski definition) is 5. The molecule has 1 heterocycles. The van der Waals surface area contributed by atoms with Crippen molar-refractivity contribution in [1.82, 2.24) is 16.2 Å². The number of amides is 2. The Balaban J connectivity index is 1.46. The van der Waals surface area contributed by atoms with Crippen LogP contribution in [0.25, 0.3) is 5.70 Å². The molecule has 0 bridgehead atoms. The highest BCUT2D eigenvalue weighted by molar-refractivity contribution is 6.30. The molecule has 2 amide bonds. The summed E-state index contributed by atoms with van der Waals surface area (Å²) in [5, 5.41) is 3.06. The van der Waals surface area contributed by atoms with Crippen LogP contribution in [0.15, 0.2) is 49.0 Å². The molecule has 3 N–H and O–H groups in total. The van der Waals surface area contributed by atoms with Gasteiger partial charge in [-0.15, -0.1) is 0 Å². The number of ether oxygens (including phenoxy) is 2. The van der Waals surface area contributed by atoms with Gasteiger partial charge in [-0.05, 0) is 42.5 Å². The Kier molecular flexibility index (Phi) is 5.83. The highest BCUT2D eigenvalue weighted by Gasteiger charge is 2.13. The van der Waals surface area contributed by atoms with Gasteiger partial charge in [-0.2, -0.15) is 0 Å². The average molecular weight is 388 g/mol. The van der Waals surface area contributed by atoms with Crippen LogP contribution < -0.4 is 25.6 Å². The summed E-state index contributed by atoms with van der Waals surface area (Å²) < 4.78 is 11.0. The molecule has 0 unspecified atom stereocenters. The molecule has 1 aliphatic rings. The summed E-state index contributed by atoms with van der Waals surface area (Å²) >= 11 is 5.78. The van der Waals surface area contributed by atoms with Crippen LogP contribution in [0.2, 0.25) is 5.02 Å². The highest BCUT2D eigenvalue weighted by atomic mass is 35.5. The third kappa shape index (κ3) is 4.92. The maximum absolute atomic E-state index is 12.0. The van der Waals surface area contributed by atoms with E-state index in [-0.39, 0.29) is 12.5 Å². The van der Waals surface area contributed by atoms with Crippen LogP contribution in [0.4, 0.5) is 0 Å². The second-order valence-electron chi connectivity index (χ2n) is 5.70. The maximum Gasteiger partial charge on any atom is 0.257 e. The van der Waals surface area contributed by atoms with Crippen molar-refractivity contribution >= 4 is 29.1 Å². The fraction of sp³-hybridized carbons (Fsp3) is 0.158. The quantitative estimate of drug-likeness (QED) is 0.661. The van der Waals surface area contributed by atoms with E-state index in [4.69, 9.17) is 21.1 Å². The standard InChI is InChI=1S/C19H18ClN3O4/c1-12(14-4-7-16-17(10-14)27-9-8-26-16)22-23-18(24)11-21-19(25)13-2-5-15(20)6-3-13/h2-7,10,22H,1,8-9,11H2,(H,21,25)(H,23,24). The van der Waals surface area contributed by atoms with Gasteiger partial charge in [-0.3, -0.25) is 20.4 Å². The van der Waals surface area contributed by atoms with Gasteiger partial charge < -0.3 is 14.8 Å². The maximum atomic E-state index is 12.0. The molecule has 0 aromatic heterocycles. The molecule has 0 radical (unpaired) electrons. The van der Waals surface area contributed by atoms with Gasteiger partial charge in [0.2, 0.25) is 0 Å².